The molecule has 3 heterocycles. The average Bonchev–Trinajstić information content (AvgIpc) is 3.60. The number of hydrogen-bond donors (Lipinski definition) is 0. The normalized spacial score (nSPS) is 17.3. The molecule has 5 rings (SSSR count). The Morgan fingerprint density at radius 3 is 2.48 bits per heavy atom. The number of piperazine rings is 1. The van der Waals surface area contributed by atoms with E-state index in [4.69, 9.17) is 4.84 Å². The fraction of sp³-hybridized carbons (Fsp3) is 0.409. The van der Waals surface area contributed by atoms with Gasteiger partial charge in [-0.3, -0.25) is 9.36 Å². The molecule has 1 aromatic carbocycles. The molecule has 0 bridgehead atoms. The standard InChI is InChI=1S/C22H24FN5O3/c1-25-9-11-26(12-10-25)20-18(23)13-17-19(24-20)27(16-7-8-16)22(30)28(21(17)29)31-14-15-5-3-2-4-6-15/h2-6,13,16H,7-12,14H2,1H3. The predicted molar refractivity (Wildman–Crippen MR) is 115 cm³/mol. The van der Waals surface area contributed by atoms with Gasteiger partial charge in [-0.1, -0.05) is 35.1 Å². The van der Waals surface area contributed by atoms with Crippen LogP contribution in [0.25, 0.3) is 11.0 Å². The van der Waals surface area contributed by atoms with Gasteiger partial charge in [-0.15, -0.1) is 0 Å². The molecule has 0 amide bonds. The summed E-state index contributed by atoms with van der Waals surface area (Å²) in [6.07, 6.45) is 1.63. The van der Waals surface area contributed by atoms with Crippen LogP contribution < -0.4 is 21.0 Å². The maximum atomic E-state index is 15.0. The highest BCUT2D eigenvalue weighted by molar-refractivity contribution is 5.76. The molecule has 1 aliphatic carbocycles. The molecule has 2 aliphatic rings. The zero-order valence-electron chi connectivity index (χ0n) is 17.3. The molecule has 162 valence electrons. The third-order valence-electron chi connectivity index (χ3n) is 5.88. The first-order chi connectivity index (χ1) is 15.0. The third kappa shape index (κ3) is 3.69. The lowest BCUT2D eigenvalue weighted by Crippen LogP contribution is -2.46. The van der Waals surface area contributed by atoms with E-state index in [9.17, 15) is 9.59 Å². The van der Waals surface area contributed by atoms with Crippen LogP contribution in [0.4, 0.5) is 10.2 Å². The Morgan fingerprint density at radius 1 is 1.10 bits per heavy atom. The Hall–Kier alpha value is -3.20. The van der Waals surface area contributed by atoms with Crippen LogP contribution in [0.3, 0.4) is 0 Å². The van der Waals surface area contributed by atoms with E-state index in [1.165, 1.54) is 10.6 Å². The second-order valence-electron chi connectivity index (χ2n) is 8.20. The van der Waals surface area contributed by atoms with Crippen molar-refractivity contribution < 1.29 is 9.23 Å². The van der Waals surface area contributed by atoms with E-state index in [1.54, 1.807) is 0 Å². The Morgan fingerprint density at radius 2 is 1.81 bits per heavy atom. The number of likely N-dealkylation sites (N-methyl/N-ethyl adjacent to an activating group) is 1. The molecule has 1 saturated heterocycles. The van der Waals surface area contributed by atoms with Gasteiger partial charge >= 0.3 is 5.69 Å². The van der Waals surface area contributed by atoms with Crippen molar-refractivity contribution in [3.63, 3.8) is 0 Å². The van der Waals surface area contributed by atoms with E-state index < -0.39 is 17.1 Å². The van der Waals surface area contributed by atoms with Crippen LogP contribution in [-0.4, -0.2) is 52.4 Å². The summed E-state index contributed by atoms with van der Waals surface area (Å²) in [4.78, 5) is 40.3. The van der Waals surface area contributed by atoms with E-state index >= 15 is 4.39 Å². The zero-order chi connectivity index (χ0) is 21.5. The second kappa shape index (κ2) is 7.81. The van der Waals surface area contributed by atoms with Crippen LogP contribution in [0.5, 0.6) is 0 Å². The summed E-state index contributed by atoms with van der Waals surface area (Å²) in [6.45, 7) is 2.92. The average molecular weight is 425 g/mol. The van der Waals surface area contributed by atoms with Crippen LogP contribution in [0, 0.1) is 5.82 Å². The molecule has 3 aromatic rings. The summed E-state index contributed by atoms with van der Waals surface area (Å²) in [5.74, 6) is -0.374. The molecule has 0 radical (unpaired) electrons. The highest BCUT2D eigenvalue weighted by Gasteiger charge is 2.31. The Bertz CT molecular complexity index is 1230. The van der Waals surface area contributed by atoms with E-state index in [0.29, 0.717) is 13.1 Å². The first-order valence-corrected chi connectivity index (χ1v) is 10.5. The quantitative estimate of drug-likeness (QED) is 0.616. The topological polar surface area (TPSA) is 72.6 Å². The van der Waals surface area contributed by atoms with Crippen molar-refractivity contribution in [2.75, 3.05) is 38.1 Å². The number of halogens is 1. The summed E-state index contributed by atoms with van der Waals surface area (Å²) < 4.78 is 17.2. The molecule has 31 heavy (non-hydrogen) atoms. The van der Waals surface area contributed by atoms with Gasteiger partial charge in [0.2, 0.25) is 0 Å². The number of aromatic nitrogens is 3. The summed E-state index contributed by atoms with van der Waals surface area (Å²) in [6, 6.07) is 10.4. The van der Waals surface area contributed by atoms with E-state index in [2.05, 4.69) is 9.88 Å². The molecule has 0 N–H and O–H groups in total. The first-order valence-electron chi connectivity index (χ1n) is 10.5. The minimum absolute atomic E-state index is 0.0509. The molecule has 1 aliphatic heterocycles. The van der Waals surface area contributed by atoms with Gasteiger partial charge < -0.3 is 14.6 Å². The summed E-state index contributed by atoms with van der Waals surface area (Å²) in [5, 5.41) is 0.0509. The number of anilines is 1. The van der Waals surface area contributed by atoms with Crippen molar-refractivity contribution in [3.8, 4) is 0 Å². The predicted octanol–water partition coefficient (Wildman–Crippen LogP) is 1.41. The molecular formula is C22H24FN5O3. The molecule has 1 saturated carbocycles. The molecule has 0 unspecified atom stereocenters. The maximum Gasteiger partial charge on any atom is 0.366 e. The summed E-state index contributed by atoms with van der Waals surface area (Å²) in [5.41, 5.74) is -0.211. The lowest BCUT2D eigenvalue weighted by molar-refractivity contribution is 0.0772. The fourth-order valence-electron chi connectivity index (χ4n) is 3.92. The molecule has 0 atom stereocenters. The summed E-state index contributed by atoms with van der Waals surface area (Å²) >= 11 is 0. The number of nitrogens with zero attached hydrogens (tertiary/aromatic N) is 5. The molecule has 8 nitrogen and oxygen atoms in total. The van der Waals surface area contributed by atoms with Crippen LogP contribution >= 0.6 is 0 Å². The number of rotatable bonds is 5. The Balaban J connectivity index is 1.60. The third-order valence-corrected chi connectivity index (χ3v) is 5.88. The monoisotopic (exact) mass is 425 g/mol. The molecule has 9 heteroatoms. The van der Waals surface area contributed by atoms with Gasteiger partial charge in [0.05, 0.1) is 5.39 Å². The SMILES string of the molecule is CN1CCN(c2nc3c(cc2F)c(=O)n(OCc2ccccc2)c(=O)n3C2CC2)CC1. The van der Waals surface area contributed by atoms with E-state index in [-0.39, 0.29) is 29.5 Å². The van der Waals surface area contributed by atoms with Crippen LogP contribution in [-0.2, 0) is 6.61 Å². The smallest absolute Gasteiger partial charge is 0.366 e. The number of fused-ring (bicyclic) bond motifs is 1. The van der Waals surface area contributed by atoms with Crippen molar-refractivity contribution in [2.24, 2.45) is 0 Å². The van der Waals surface area contributed by atoms with Gasteiger partial charge in [-0.05, 0) is 31.5 Å². The van der Waals surface area contributed by atoms with E-state index in [0.717, 1.165) is 36.2 Å². The molecule has 2 fully saturated rings. The minimum atomic E-state index is -0.691. The van der Waals surface area contributed by atoms with Crippen LogP contribution in [0.15, 0.2) is 46.0 Å². The van der Waals surface area contributed by atoms with Gasteiger partial charge in [0.25, 0.3) is 5.56 Å². The lowest BCUT2D eigenvalue weighted by atomic mass is 10.2. The van der Waals surface area contributed by atoms with Gasteiger partial charge in [-0.2, -0.15) is 0 Å². The first kappa shape index (κ1) is 19.7. The highest BCUT2D eigenvalue weighted by Crippen LogP contribution is 2.35. The largest absolute Gasteiger partial charge is 0.401 e. The number of pyridine rings is 1. The highest BCUT2D eigenvalue weighted by atomic mass is 19.1. The van der Waals surface area contributed by atoms with Crippen LogP contribution in [0.1, 0.15) is 24.4 Å². The Kier molecular flexibility index (Phi) is 4.97. The fourth-order valence-corrected chi connectivity index (χ4v) is 3.92. The van der Waals surface area contributed by atoms with Crippen molar-refractivity contribution in [1.29, 1.82) is 0 Å². The minimum Gasteiger partial charge on any atom is -0.401 e. The lowest BCUT2D eigenvalue weighted by Gasteiger charge is -2.33. The van der Waals surface area contributed by atoms with Crippen molar-refractivity contribution in [2.45, 2.75) is 25.5 Å². The van der Waals surface area contributed by atoms with E-state index in [1.807, 2.05) is 42.3 Å². The molecule has 0 spiro atoms. The molecule has 2 aromatic heterocycles. The second-order valence-corrected chi connectivity index (χ2v) is 8.20. The van der Waals surface area contributed by atoms with Crippen molar-refractivity contribution in [3.05, 3.63) is 68.6 Å². The van der Waals surface area contributed by atoms with Crippen molar-refractivity contribution >= 4 is 16.9 Å². The number of benzene rings is 1. The maximum absolute atomic E-state index is 15.0. The van der Waals surface area contributed by atoms with Crippen LogP contribution in [0.2, 0.25) is 0 Å². The van der Waals surface area contributed by atoms with Gasteiger partial charge in [-0.25, -0.2) is 14.2 Å². The zero-order valence-corrected chi connectivity index (χ0v) is 17.3. The van der Waals surface area contributed by atoms with Gasteiger partial charge in [0.1, 0.15) is 6.61 Å². The molecular weight excluding hydrogens is 401 g/mol. The van der Waals surface area contributed by atoms with Crippen molar-refractivity contribution in [1.82, 2.24) is 19.2 Å². The summed E-state index contributed by atoms with van der Waals surface area (Å²) in [7, 11) is 2.02. The number of hydrogen-bond acceptors (Lipinski definition) is 6. The Labute approximate surface area is 178 Å². The van der Waals surface area contributed by atoms with Gasteiger partial charge in [0.15, 0.2) is 17.3 Å². The van der Waals surface area contributed by atoms with Gasteiger partial charge in [0, 0.05) is 32.2 Å².